The first kappa shape index (κ1) is 17.6. The van der Waals surface area contributed by atoms with Crippen molar-refractivity contribution in [2.24, 2.45) is 0 Å². The van der Waals surface area contributed by atoms with E-state index in [9.17, 15) is 14.4 Å². The molecule has 0 aliphatic rings. The molecule has 0 spiro atoms. The molecule has 20 heavy (non-hydrogen) atoms. The molecule has 3 N–H and O–H groups in total. The number of carbonyl (C=O) groups is 3. The van der Waals surface area contributed by atoms with Crippen LogP contribution >= 0.6 is 0 Å². The molecule has 2 rings (SSSR count). The fourth-order valence-corrected chi connectivity index (χ4v) is 1.39. The first-order valence-corrected chi connectivity index (χ1v) is 5.11. The van der Waals surface area contributed by atoms with Crippen LogP contribution in [0.4, 0.5) is 0 Å². The smallest absolute Gasteiger partial charge is 0.292 e. The molecular weight excluding hydrogens is 308 g/mol. The summed E-state index contributed by atoms with van der Waals surface area (Å²) < 4.78 is 0. The molecule has 0 bridgehead atoms. The maximum Gasteiger partial charge on any atom is 0.292 e. The molecule has 0 saturated carbocycles. The Kier molecular flexibility index (Phi) is 6.99. The second kappa shape index (κ2) is 7.93. The summed E-state index contributed by atoms with van der Waals surface area (Å²) in [6.07, 6.45) is 0. The quantitative estimate of drug-likeness (QED) is 0.589. The van der Waals surface area contributed by atoms with E-state index in [0.29, 0.717) is 0 Å². The molecule has 0 saturated heterocycles. The third-order valence-electron chi connectivity index (χ3n) is 2.19. The van der Waals surface area contributed by atoms with Gasteiger partial charge >= 0.3 is 0 Å². The molecule has 2 aromatic rings. The second-order valence-corrected chi connectivity index (χ2v) is 3.41. The topological polar surface area (TPSA) is 112 Å². The minimum absolute atomic E-state index is 0. The van der Waals surface area contributed by atoms with Crippen LogP contribution in [0.25, 0.3) is 0 Å². The third-order valence-corrected chi connectivity index (χ3v) is 2.19. The van der Waals surface area contributed by atoms with Crippen LogP contribution in [0.2, 0.25) is 0 Å². The minimum Gasteiger partial charge on any atom is -0.748 e. The largest absolute Gasteiger partial charge is 0.748 e. The molecule has 2 aromatic carbocycles. The maximum atomic E-state index is 10.6. The summed E-state index contributed by atoms with van der Waals surface area (Å²) in [6.45, 7) is 0. The Bertz CT molecular complexity index is 533. The van der Waals surface area contributed by atoms with Crippen molar-refractivity contribution in [1.82, 2.24) is 0 Å². The Balaban J connectivity index is 0.000000507. The third kappa shape index (κ3) is 4.38. The van der Waals surface area contributed by atoms with Gasteiger partial charge in [-0.05, 0) is 16.7 Å². The zero-order valence-electron chi connectivity index (χ0n) is 9.96. The SMILES string of the molecule is O=C(O)c1cc[c-](C(=O)O)c1C(=O)O.[Fe].[cH-]1[cH-][cH-][cH-][cH-]1. The van der Waals surface area contributed by atoms with Crippen LogP contribution in [-0.2, 0) is 17.1 Å². The van der Waals surface area contributed by atoms with Gasteiger partial charge in [0.2, 0.25) is 5.97 Å². The van der Waals surface area contributed by atoms with E-state index in [0.717, 1.165) is 12.1 Å². The number of rotatable bonds is 3. The van der Waals surface area contributed by atoms with Crippen LogP contribution in [0.15, 0.2) is 42.5 Å². The average Bonchev–Trinajstić information content (AvgIpc) is 3.01. The van der Waals surface area contributed by atoms with E-state index in [-0.39, 0.29) is 17.1 Å². The molecule has 0 aliphatic carbocycles. The molecule has 0 radical (unpaired) electrons. The number of hydrogen-bond donors (Lipinski definition) is 3. The van der Waals surface area contributed by atoms with Gasteiger partial charge in [-0.2, -0.15) is 6.07 Å². The Hall–Kier alpha value is -2.37. The van der Waals surface area contributed by atoms with E-state index in [2.05, 4.69) is 0 Å². The van der Waals surface area contributed by atoms with Crippen molar-refractivity contribution in [2.45, 2.75) is 0 Å². The van der Waals surface area contributed by atoms with Crippen LogP contribution in [0.3, 0.4) is 0 Å². The Morgan fingerprint density at radius 2 is 1.35 bits per heavy atom. The van der Waals surface area contributed by atoms with Gasteiger partial charge in [-0.15, -0.1) is 6.07 Å². The molecule has 0 aromatic heterocycles. The fourth-order valence-electron chi connectivity index (χ4n) is 1.39. The first-order valence-electron chi connectivity index (χ1n) is 5.11. The minimum atomic E-state index is -1.56. The Morgan fingerprint density at radius 3 is 1.65 bits per heavy atom. The summed E-state index contributed by atoms with van der Waals surface area (Å²) in [5.74, 6) is -4.49. The standard InChI is InChI=1S/C8H5O6.C5H5.Fe/c9-6(10)3-1-2-4(7(11)12)5(3)8(13)14;1-2-4-5-3-1;/h1-2H,(H,9,10)(H,11,12)(H,13,14);1-5H;/q-1;-5;. The molecule has 7 heteroatoms. The van der Waals surface area contributed by atoms with E-state index in [1.54, 1.807) is 0 Å². The van der Waals surface area contributed by atoms with Crippen molar-refractivity contribution >= 4 is 17.9 Å². The van der Waals surface area contributed by atoms with E-state index in [4.69, 9.17) is 15.3 Å². The fraction of sp³-hybridized carbons (Fsp3) is 0. The second-order valence-electron chi connectivity index (χ2n) is 3.41. The number of aromatic carboxylic acids is 3. The summed E-state index contributed by atoms with van der Waals surface area (Å²) in [5.41, 5.74) is -1.73. The van der Waals surface area contributed by atoms with E-state index in [1.165, 1.54) is 0 Å². The van der Waals surface area contributed by atoms with Crippen molar-refractivity contribution in [3.8, 4) is 0 Å². The molecule has 6 nitrogen and oxygen atoms in total. The summed E-state index contributed by atoms with van der Waals surface area (Å²) in [5, 5.41) is 25.7. The predicted molar refractivity (Wildman–Crippen MR) is 64.9 cm³/mol. The van der Waals surface area contributed by atoms with Crippen molar-refractivity contribution < 1.29 is 46.8 Å². The zero-order chi connectivity index (χ0) is 14.4. The molecular formula is C13H10FeO6-6. The van der Waals surface area contributed by atoms with E-state index in [1.807, 2.05) is 30.3 Å². The van der Waals surface area contributed by atoms with Gasteiger partial charge in [0.15, 0.2) is 0 Å². The van der Waals surface area contributed by atoms with Gasteiger partial charge in [-0.3, -0.25) is 9.59 Å². The summed E-state index contributed by atoms with van der Waals surface area (Å²) in [6, 6.07) is 11.9. The van der Waals surface area contributed by atoms with Crippen molar-refractivity contribution in [3.05, 3.63) is 59.2 Å². The predicted octanol–water partition coefficient (Wildman–Crippen LogP) is 1.90. The maximum absolute atomic E-state index is 10.6. The van der Waals surface area contributed by atoms with E-state index >= 15 is 0 Å². The molecule has 0 aliphatic heterocycles. The molecule has 0 heterocycles. The summed E-state index contributed by atoms with van der Waals surface area (Å²) >= 11 is 0. The number of carboxylic acid groups (broad SMARTS) is 3. The van der Waals surface area contributed by atoms with Crippen LogP contribution in [-0.4, -0.2) is 33.2 Å². The van der Waals surface area contributed by atoms with Gasteiger partial charge in [0.1, 0.15) is 0 Å². The van der Waals surface area contributed by atoms with Gasteiger partial charge < -0.3 is 50.4 Å². The first-order chi connectivity index (χ1) is 8.95. The van der Waals surface area contributed by atoms with Gasteiger partial charge in [-0.1, -0.05) is 0 Å². The van der Waals surface area contributed by atoms with Crippen LogP contribution in [0.1, 0.15) is 31.1 Å². The molecule has 0 amide bonds. The number of carboxylic acids is 3. The average molecular weight is 318 g/mol. The van der Waals surface area contributed by atoms with Gasteiger partial charge in [0, 0.05) is 17.1 Å². The molecule has 0 atom stereocenters. The van der Waals surface area contributed by atoms with Crippen molar-refractivity contribution in [2.75, 3.05) is 0 Å². The monoisotopic (exact) mass is 318 g/mol. The van der Waals surface area contributed by atoms with Gasteiger partial charge in [-0.25, -0.2) is 0 Å². The summed E-state index contributed by atoms with van der Waals surface area (Å²) in [4.78, 5) is 31.6. The normalized spacial score (nSPS) is 8.80. The zero-order valence-corrected chi connectivity index (χ0v) is 11.1. The van der Waals surface area contributed by atoms with Crippen LogP contribution in [0, 0.1) is 0 Å². The molecule has 112 valence electrons. The molecule has 0 fully saturated rings. The van der Waals surface area contributed by atoms with Crippen LogP contribution in [0.5, 0.6) is 0 Å². The molecule has 0 unspecified atom stereocenters. The van der Waals surface area contributed by atoms with Crippen LogP contribution < -0.4 is 0 Å². The van der Waals surface area contributed by atoms with Gasteiger partial charge in [0.05, 0.1) is 0 Å². The summed E-state index contributed by atoms with van der Waals surface area (Å²) in [7, 11) is 0. The Morgan fingerprint density at radius 1 is 0.900 bits per heavy atom. The van der Waals surface area contributed by atoms with Gasteiger partial charge in [0.25, 0.3) is 11.9 Å². The van der Waals surface area contributed by atoms with Crippen molar-refractivity contribution in [1.29, 1.82) is 0 Å². The number of hydrogen-bond acceptors (Lipinski definition) is 3. The van der Waals surface area contributed by atoms with Crippen molar-refractivity contribution in [3.63, 3.8) is 0 Å². The van der Waals surface area contributed by atoms with E-state index < -0.39 is 34.6 Å². The Labute approximate surface area is 124 Å².